The van der Waals surface area contributed by atoms with Gasteiger partial charge < -0.3 is 0 Å². The third-order valence-electron chi connectivity index (χ3n) is 2.21. The van der Waals surface area contributed by atoms with Gasteiger partial charge in [-0.25, -0.2) is 4.39 Å². The number of hydrogen-bond donors (Lipinski definition) is 1. The fourth-order valence-corrected chi connectivity index (χ4v) is 1.73. The van der Waals surface area contributed by atoms with Crippen molar-refractivity contribution in [3.63, 3.8) is 0 Å². The molecule has 1 amide bonds. The smallest absolute Gasteiger partial charge is 0.270 e. The van der Waals surface area contributed by atoms with E-state index in [0.717, 1.165) is 23.7 Å². The average Bonchev–Trinajstić information content (AvgIpc) is 2.84. The first-order chi connectivity index (χ1) is 8.99. The molecule has 1 aromatic heterocycles. The number of carbonyl (C=O) groups is 1. The number of hydrogen-bond acceptors (Lipinski definition) is 7. The van der Waals surface area contributed by atoms with Gasteiger partial charge in [-0.15, -0.1) is 0 Å². The standard InChI is InChI=1S/C9H6FN5O3S/c1-4-2-5(15(17)18)3-6(7(4)10)8(16)11-9-12-13-14-19-9/h2-3H,1H3,(H,11,12,14,16). The average molecular weight is 283 g/mol. The Morgan fingerprint density at radius 1 is 1.53 bits per heavy atom. The topological polar surface area (TPSA) is 111 Å². The van der Waals surface area contributed by atoms with Crippen molar-refractivity contribution in [3.8, 4) is 0 Å². The zero-order chi connectivity index (χ0) is 14.0. The molecule has 8 nitrogen and oxygen atoms in total. The molecular weight excluding hydrogens is 277 g/mol. The van der Waals surface area contributed by atoms with Crippen LogP contribution in [0, 0.1) is 22.9 Å². The van der Waals surface area contributed by atoms with Crippen LogP contribution in [0.5, 0.6) is 0 Å². The van der Waals surface area contributed by atoms with Crippen molar-refractivity contribution in [3.05, 3.63) is 39.2 Å². The van der Waals surface area contributed by atoms with E-state index in [-0.39, 0.29) is 16.4 Å². The van der Waals surface area contributed by atoms with E-state index >= 15 is 0 Å². The Kier molecular flexibility index (Phi) is 3.42. The van der Waals surface area contributed by atoms with Crippen LogP contribution in [0.2, 0.25) is 0 Å². The number of nitrogens with one attached hydrogen (secondary N) is 1. The fraction of sp³-hybridized carbons (Fsp3) is 0.111. The molecule has 0 unspecified atom stereocenters. The number of non-ortho nitro benzene ring substituents is 1. The highest BCUT2D eigenvalue weighted by molar-refractivity contribution is 7.09. The Labute approximate surface area is 109 Å². The molecule has 0 radical (unpaired) electrons. The Balaban J connectivity index is 2.38. The minimum absolute atomic E-state index is 0.00902. The summed E-state index contributed by atoms with van der Waals surface area (Å²) in [5, 5.41) is 19.7. The van der Waals surface area contributed by atoms with E-state index in [2.05, 4.69) is 20.1 Å². The Morgan fingerprint density at radius 3 is 2.84 bits per heavy atom. The Hall–Kier alpha value is -2.49. The van der Waals surface area contributed by atoms with Gasteiger partial charge in [0.1, 0.15) is 5.82 Å². The van der Waals surface area contributed by atoms with E-state index in [0.29, 0.717) is 0 Å². The van der Waals surface area contributed by atoms with Crippen LogP contribution in [0.4, 0.5) is 15.2 Å². The summed E-state index contributed by atoms with van der Waals surface area (Å²) in [6.07, 6.45) is 0. The summed E-state index contributed by atoms with van der Waals surface area (Å²) in [6, 6.07) is 1.92. The first-order valence-electron chi connectivity index (χ1n) is 4.90. The van der Waals surface area contributed by atoms with Gasteiger partial charge in [0.2, 0.25) is 5.13 Å². The van der Waals surface area contributed by atoms with Crippen LogP contribution in [0.25, 0.3) is 0 Å². The molecule has 0 aliphatic heterocycles. The molecule has 19 heavy (non-hydrogen) atoms. The highest BCUT2D eigenvalue weighted by Crippen LogP contribution is 2.22. The lowest BCUT2D eigenvalue weighted by atomic mass is 10.1. The molecular formula is C9H6FN5O3S. The second kappa shape index (κ2) is 5.02. The van der Waals surface area contributed by atoms with Crippen molar-refractivity contribution in [2.45, 2.75) is 6.92 Å². The van der Waals surface area contributed by atoms with Gasteiger partial charge in [0.25, 0.3) is 11.6 Å². The highest BCUT2D eigenvalue weighted by atomic mass is 32.1. The highest BCUT2D eigenvalue weighted by Gasteiger charge is 2.20. The summed E-state index contributed by atoms with van der Waals surface area (Å²) in [6.45, 7) is 1.34. The van der Waals surface area contributed by atoms with E-state index in [1.54, 1.807) is 0 Å². The van der Waals surface area contributed by atoms with Crippen molar-refractivity contribution in [2.24, 2.45) is 0 Å². The first kappa shape index (κ1) is 13.0. The van der Waals surface area contributed by atoms with Gasteiger partial charge in [-0.3, -0.25) is 20.2 Å². The van der Waals surface area contributed by atoms with E-state index in [4.69, 9.17) is 0 Å². The van der Waals surface area contributed by atoms with E-state index in [9.17, 15) is 19.3 Å². The number of halogens is 1. The van der Waals surface area contributed by atoms with Gasteiger partial charge in [-0.2, -0.15) is 0 Å². The van der Waals surface area contributed by atoms with E-state index < -0.39 is 22.2 Å². The van der Waals surface area contributed by atoms with E-state index in [1.807, 2.05) is 0 Å². The molecule has 1 heterocycles. The van der Waals surface area contributed by atoms with Crippen LogP contribution in [0.3, 0.4) is 0 Å². The second-order valence-corrected chi connectivity index (χ2v) is 4.24. The van der Waals surface area contributed by atoms with Crippen LogP contribution < -0.4 is 5.32 Å². The number of anilines is 1. The number of carbonyl (C=O) groups excluding carboxylic acids is 1. The maximum absolute atomic E-state index is 13.8. The maximum atomic E-state index is 13.8. The number of rotatable bonds is 3. The van der Waals surface area contributed by atoms with Crippen molar-refractivity contribution in [2.75, 3.05) is 5.32 Å². The lowest BCUT2D eigenvalue weighted by Gasteiger charge is -2.05. The van der Waals surface area contributed by atoms with Crippen LogP contribution >= 0.6 is 11.5 Å². The monoisotopic (exact) mass is 283 g/mol. The number of nitro benzene ring substituents is 1. The lowest BCUT2D eigenvalue weighted by Crippen LogP contribution is -2.14. The maximum Gasteiger partial charge on any atom is 0.270 e. The normalized spacial score (nSPS) is 10.2. The Morgan fingerprint density at radius 2 is 2.26 bits per heavy atom. The molecule has 0 spiro atoms. The number of amides is 1. The van der Waals surface area contributed by atoms with Gasteiger partial charge in [0.15, 0.2) is 0 Å². The molecule has 10 heteroatoms. The Bertz CT molecular complexity index is 646. The minimum atomic E-state index is -0.845. The number of nitrogens with zero attached hydrogens (tertiary/aromatic N) is 4. The predicted octanol–water partition coefficient (Wildman–Crippen LogP) is 1.54. The van der Waals surface area contributed by atoms with E-state index in [1.165, 1.54) is 6.92 Å². The number of benzene rings is 1. The molecule has 0 aliphatic rings. The van der Waals surface area contributed by atoms with Crippen LogP contribution in [0.15, 0.2) is 12.1 Å². The summed E-state index contributed by atoms with van der Waals surface area (Å²) >= 11 is 0.806. The zero-order valence-electron chi connectivity index (χ0n) is 9.45. The fourth-order valence-electron chi connectivity index (χ4n) is 1.37. The second-order valence-electron chi connectivity index (χ2n) is 3.50. The molecule has 0 saturated heterocycles. The number of aryl methyl sites for hydroxylation is 1. The molecule has 2 aromatic rings. The first-order valence-corrected chi connectivity index (χ1v) is 5.67. The summed E-state index contributed by atoms with van der Waals surface area (Å²) in [5.41, 5.74) is -0.781. The SMILES string of the molecule is Cc1cc([N+](=O)[O-])cc(C(=O)Nc2nnns2)c1F. The third kappa shape index (κ3) is 2.68. The zero-order valence-corrected chi connectivity index (χ0v) is 10.3. The van der Waals surface area contributed by atoms with Gasteiger partial charge in [-0.05, 0) is 17.7 Å². The summed E-state index contributed by atoms with van der Waals surface area (Å²) < 4.78 is 17.2. The summed E-state index contributed by atoms with van der Waals surface area (Å²) in [5.74, 6) is -1.66. The number of nitro groups is 1. The number of aromatic nitrogens is 3. The largest absolute Gasteiger partial charge is 0.295 e. The van der Waals surface area contributed by atoms with Gasteiger partial charge in [-0.1, -0.05) is 9.59 Å². The van der Waals surface area contributed by atoms with Crippen molar-refractivity contribution < 1.29 is 14.1 Å². The molecule has 0 saturated carbocycles. The quantitative estimate of drug-likeness (QED) is 0.675. The van der Waals surface area contributed by atoms with Crippen LogP contribution in [-0.2, 0) is 0 Å². The van der Waals surface area contributed by atoms with Crippen LogP contribution in [-0.4, -0.2) is 25.6 Å². The molecule has 0 fully saturated rings. The van der Waals surface area contributed by atoms with Crippen LogP contribution in [0.1, 0.15) is 15.9 Å². The van der Waals surface area contributed by atoms with Gasteiger partial charge >= 0.3 is 0 Å². The molecule has 0 aliphatic carbocycles. The molecule has 0 atom stereocenters. The molecule has 2 rings (SSSR count). The van der Waals surface area contributed by atoms with Gasteiger partial charge in [0.05, 0.1) is 10.5 Å². The summed E-state index contributed by atoms with van der Waals surface area (Å²) in [4.78, 5) is 21.8. The third-order valence-corrected chi connectivity index (χ3v) is 2.73. The molecule has 1 N–H and O–H groups in total. The molecule has 98 valence electrons. The van der Waals surface area contributed by atoms with Crippen molar-refractivity contribution in [1.82, 2.24) is 14.8 Å². The predicted molar refractivity (Wildman–Crippen MR) is 63.4 cm³/mol. The molecule has 0 bridgehead atoms. The molecule has 1 aromatic carbocycles. The summed E-state index contributed by atoms with van der Waals surface area (Å²) in [7, 11) is 0. The minimum Gasteiger partial charge on any atom is -0.295 e. The van der Waals surface area contributed by atoms with Crippen molar-refractivity contribution >= 4 is 28.3 Å². The lowest BCUT2D eigenvalue weighted by molar-refractivity contribution is -0.385. The van der Waals surface area contributed by atoms with Crippen molar-refractivity contribution in [1.29, 1.82) is 0 Å². The van der Waals surface area contributed by atoms with Gasteiger partial charge in [0, 0.05) is 23.7 Å².